The van der Waals surface area contributed by atoms with E-state index in [4.69, 9.17) is 37.7 Å². The maximum atomic E-state index is 15.1. The van der Waals surface area contributed by atoms with Crippen molar-refractivity contribution in [1.82, 2.24) is 23.9 Å². The number of sulfonamides is 1. The maximum absolute atomic E-state index is 15.1. The molecule has 4 aliphatic heterocycles. The van der Waals surface area contributed by atoms with Gasteiger partial charge in [-0.25, -0.2) is 13.2 Å². The van der Waals surface area contributed by atoms with Gasteiger partial charge in [-0.3, -0.25) is 19.6 Å². The van der Waals surface area contributed by atoms with Crippen LogP contribution in [0.1, 0.15) is 54.1 Å². The lowest BCUT2D eigenvalue weighted by Gasteiger charge is -2.39. The monoisotopic (exact) mass is 832 g/mol. The minimum Gasteiger partial charge on any atom is -0.493 e. The molecule has 4 aliphatic rings. The number of aliphatic imine (C=N–C) groups is 1. The number of amides is 3. The number of ether oxygens (including phenoxy) is 2. The van der Waals surface area contributed by atoms with Crippen molar-refractivity contribution >= 4 is 63.4 Å². The molecule has 3 aromatic carbocycles. The molecule has 296 valence electrons. The van der Waals surface area contributed by atoms with Gasteiger partial charge in [0, 0.05) is 62.4 Å². The minimum absolute atomic E-state index is 0. The zero-order valence-corrected chi connectivity index (χ0v) is 34.2. The Bertz CT molecular complexity index is 1980. The smallest absolute Gasteiger partial charge is 0.326 e. The summed E-state index contributed by atoms with van der Waals surface area (Å²) in [6.45, 7) is 9.19. The van der Waals surface area contributed by atoms with Crippen molar-refractivity contribution in [2.24, 2.45) is 4.99 Å². The molecule has 3 fully saturated rings. The molecule has 0 N–H and O–H groups in total. The van der Waals surface area contributed by atoms with Gasteiger partial charge in [-0.05, 0) is 79.8 Å². The molecule has 0 unspecified atom stereocenters. The first-order valence-electron chi connectivity index (χ1n) is 18.6. The third-order valence-electron chi connectivity index (χ3n) is 10.6. The summed E-state index contributed by atoms with van der Waals surface area (Å²) < 4.78 is 41.3. The Balaban J connectivity index is 0.00000514. The Labute approximate surface area is 339 Å². The van der Waals surface area contributed by atoms with Crippen LogP contribution >= 0.6 is 35.6 Å². The number of amidine groups is 1. The third kappa shape index (κ3) is 8.78. The highest BCUT2D eigenvalue weighted by Gasteiger charge is 2.45. The quantitative estimate of drug-likeness (QED) is 0.258. The standard InChI is InChI=1S/C39H46Cl2N6O6S.ClH/c1-3-53-33-24-27(2)34(54(50,51)46-14-4-5-15-46)25-32(33)38-42-36(28-6-10-30(40)11-7-28)37(29-8-12-31(41)13-9-29)47(38)39(49)45-18-16-43(17-19-45)26-35(48)44-20-22-52-23-21-44;/h6-13,24-25,36-37H,3-5,14-23,26H2,1-2H3;1H/t36-,37+;/m0./s1. The van der Waals surface area contributed by atoms with Crippen LogP contribution in [0.4, 0.5) is 4.79 Å². The van der Waals surface area contributed by atoms with Crippen molar-refractivity contribution in [2.45, 2.75) is 43.7 Å². The van der Waals surface area contributed by atoms with Crippen molar-refractivity contribution in [2.75, 3.05) is 78.7 Å². The first-order chi connectivity index (χ1) is 26.0. The fourth-order valence-corrected chi connectivity index (χ4v) is 9.67. The highest BCUT2D eigenvalue weighted by Crippen LogP contribution is 2.46. The molecule has 0 bridgehead atoms. The van der Waals surface area contributed by atoms with Crippen LogP contribution in [0, 0.1) is 6.92 Å². The molecular weight excluding hydrogens is 787 g/mol. The predicted molar refractivity (Wildman–Crippen MR) is 215 cm³/mol. The fourth-order valence-electron chi connectivity index (χ4n) is 7.66. The van der Waals surface area contributed by atoms with Gasteiger partial charge in [-0.15, -0.1) is 12.4 Å². The van der Waals surface area contributed by atoms with Crippen molar-refractivity contribution in [1.29, 1.82) is 0 Å². The number of hydrogen-bond donors (Lipinski definition) is 0. The Hall–Kier alpha value is -3.43. The highest BCUT2D eigenvalue weighted by atomic mass is 35.5. The van der Waals surface area contributed by atoms with Gasteiger partial charge >= 0.3 is 6.03 Å². The number of aryl methyl sites for hydroxylation is 1. The second-order valence-electron chi connectivity index (χ2n) is 14.0. The number of benzene rings is 3. The number of carbonyl (C=O) groups excluding carboxylic acids is 2. The SMILES string of the molecule is CCOc1cc(C)c(S(=O)(=O)N2CCCC2)cc1C1=N[C@@H](c2ccc(Cl)cc2)[C@@H](c2ccc(Cl)cc2)N1C(=O)N1CCN(CC(=O)N2CCOCC2)CC1.Cl. The van der Waals surface area contributed by atoms with Gasteiger partial charge in [0.05, 0.1) is 42.9 Å². The Morgan fingerprint density at radius 1 is 0.836 bits per heavy atom. The van der Waals surface area contributed by atoms with E-state index in [1.54, 1.807) is 53.1 Å². The van der Waals surface area contributed by atoms with E-state index in [0.717, 1.165) is 24.0 Å². The Morgan fingerprint density at radius 2 is 1.44 bits per heavy atom. The summed E-state index contributed by atoms with van der Waals surface area (Å²) in [5.74, 6) is 0.805. The van der Waals surface area contributed by atoms with E-state index in [1.807, 2.05) is 36.1 Å². The van der Waals surface area contributed by atoms with Crippen LogP contribution in [-0.2, 0) is 19.6 Å². The van der Waals surface area contributed by atoms with Crippen molar-refractivity contribution < 1.29 is 27.5 Å². The number of halogens is 3. The van der Waals surface area contributed by atoms with Crippen LogP contribution in [0.25, 0.3) is 0 Å². The van der Waals surface area contributed by atoms with Crippen molar-refractivity contribution in [3.8, 4) is 5.75 Å². The molecule has 3 aromatic rings. The zero-order chi connectivity index (χ0) is 38.0. The van der Waals surface area contributed by atoms with Crippen LogP contribution in [0.2, 0.25) is 10.0 Å². The van der Waals surface area contributed by atoms with Crippen LogP contribution in [0.15, 0.2) is 70.6 Å². The number of nitrogens with zero attached hydrogens (tertiary/aromatic N) is 6. The molecule has 0 saturated carbocycles. The molecule has 3 amide bonds. The number of rotatable bonds is 9. The Kier molecular flexibility index (Phi) is 13.3. The van der Waals surface area contributed by atoms with Gasteiger partial charge in [0.2, 0.25) is 15.9 Å². The van der Waals surface area contributed by atoms with E-state index in [2.05, 4.69) is 4.90 Å². The summed E-state index contributed by atoms with van der Waals surface area (Å²) in [7, 11) is -3.84. The molecule has 3 saturated heterocycles. The molecule has 16 heteroatoms. The summed E-state index contributed by atoms with van der Waals surface area (Å²) in [5.41, 5.74) is 2.60. The number of carbonyl (C=O) groups is 2. The van der Waals surface area contributed by atoms with Crippen LogP contribution < -0.4 is 4.74 Å². The van der Waals surface area contributed by atoms with Gasteiger partial charge in [-0.1, -0.05) is 47.5 Å². The van der Waals surface area contributed by atoms with Gasteiger partial charge in [0.15, 0.2) is 0 Å². The lowest BCUT2D eigenvalue weighted by atomic mass is 9.93. The molecule has 0 aliphatic carbocycles. The highest BCUT2D eigenvalue weighted by molar-refractivity contribution is 7.89. The van der Waals surface area contributed by atoms with Crippen molar-refractivity contribution in [3.63, 3.8) is 0 Å². The van der Waals surface area contributed by atoms with Crippen LogP contribution in [-0.4, -0.2) is 129 Å². The van der Waals surface area contributed by atoms with Gasteiger partial charge in [0.1, 0.15) is 17.6 Å². The van der Waals surface area contributed by atoms with Crippen molar-refractivity contribution in [3.05, 3.63) is 93.0 Å². The number of urea groups is 1. The summed E-state index contributed by atoms with van der Waals surface area (Å²) in [6, 6.07) is 16.6. The average Bonchev–Trinajstić information content (AvgIpc) is 3.86. The van der Waals surface area contributed by atoms with E-state index < -0.39 is 22.1 Å². The lowest BCUT2D eigenvalue weighted by molar-refractivity contribution is -0.136. The molecule has 12 nitrogen and oxygen atoms in total. The minimum atomic E-state index is -3.84. The zero-order valence-electron chi connectivity index (χ0n) is 31.0. The summed E-state index contributed by atoms with van der Waals surface area (Å²) in [5, 5.41) is 1.12. The molecule has 0 radical (unpaired) electrons. The molecule has 0 spiro atoms. The molecular formula is C39H47Cl3N6O6S. The molecule has 55 heavy (non-hydrogen) atoms. The van der Waals surface area contributed by atoms with Gasteiger partial charge < -0.3 is 19.3 Å². The normalized spacial score (nSPS) is 21.0. The second kappa shape index (κ2) is 17.8. The predicted octanol–water partition coefficient (Wildman–Crippen LogP) is 6.05. The second-order valence-corrected chi connectivity index (χ2v) is 16.8. The number of piperazine rings is 1. The van der Waals surface area contributed by atoms with Crippen LogP contribution in [0.5, 0.6) is 5.75 Å². The summed E-state index contributed by atoms with van der Waals surface area (Å²) in [4.78, 5) is 41.0. The van der Waals surface area contributed by atoms with E-state index in [1.165, 1.54) is 4.31 Å². The first kappa shape index (κ1) is 41.2. The number of hydrogen-bond acceptors (Lipinski definition) is 8. The topological polar surface area (TPSA) is 115 Å². The molecule has 0 aromatic heterocycles. The Morgan fingerprint density at radius 3 is 2.04 bits per heavy atom. The summed E-state index contributed by atoms with van der Waals surface area (Å²) in [6.07, 6.45) is 1.61. The van der Waals surface area contributed by atoms with Gasteiger partial charge in [-0.2, -0.15) is 4.31 Å². The molecule has 4 heterocycles. The average molecular weight is 834 g/mol. The molecule has 7 rings (SSSR count). The van der Waals surface area contributed by atoms with E-state index in [0.29, 0.717) is 105 Å². The fraction of sp³-hybridized carbons (Fsp3) is 0.462. The lowest BCUT2D eigenvalue weighted by Crippen LogP contribution is -2.56. The molecule has 2 atom stereocenters. The first-order valence-corrected chi connectivity index (χ1v) is 20.8. The maximum Gasteiger partial charge on any atom is 0.326 e. The number of morpholine rings is 1. The van der Waals surface area contributed by atoms with Crippen LogP contribution in [0.3, 0.4) is 0 Å². The van der Waals surface area contributed by atoms with E-state index in [9.17, 15) is 13.2 Å². The van der Waals surface area contributed by atoms with E-state index in [-0.39, 0.29) is 35.8 Å². The van der Waals surface area contributed by atoms with E-state index >= 15 is 4.79 Å². The third-order valence-corrected chi connectivity index (χ3v) is 13.1. The summed E-state index contributed by atoms with van der Waals surface area (Å²) >= 11 is 12.7. The van der Waals surface area contributed by atoms with Gasteiger partial charge in [0.25, 0.3) is 0 Å². The largest absolute Gasteiger partial charge is 0.493 e.